The third kappa shape index (κ3) is 5.54. The largest absolute Gasteiger partial charge is 0.481 e. The average Bonchev–Trinajstić information content (AvgIpc) is 2.55. The lowest BCUT2D eigenvalue weighted by atomic mass is 10.1. The normalized spacial score (nSPS) is 11.2. The second kappa shape index (κ2) is 7.78. The van der Waals surface area contributed by atoms with E-state index in [-0.39, 0.29) is 12.5 Å². The summed E-state index contributed by atoms with van der Waals surface area (Å²) in [6.45, 7) is -1.48. The summed E-state index contributed by atoms with van der Waals surface area (Å²) >= 11 is 0. The van der Waals surface area contributed by atoms with Crippen LogP contribution in [0.1, 0.15) is 15.9 Å². The fraction of sp³-hybridized carbons (Fsp3) is 0.250. The number of hydrogen-bond acceptors (Lipinski definition) is 4. The predicted octanol–water partition coefficient (Wildman–Crippen LogP) is 3.42. The lowest BCUT2D eigenvalue weighted by Gasteiger charge is -2.09. The summed E-state index contributed by atoms with van der Waals surface area (Å²) in [6, 6.07) is 9.35. The van der Waals surface area contributed by atoms with Crippen molar-refractivity contribution in [3.05, 3.63) is 53.7 Å². The summed E-state index contributed by atoms with van der Waals surface area (Å²) in [5.41, 5.74) is 1.41. The van der Waals surface area contributed by atoms with Gasteiger partial charge in [0.05, 0.1) is 25.6 Å². The van der Waals surface area contributed by atoms with Gasteiger partial charge in [-0.25, -0.2) is 4.98 Å². The van der Waals surface area contributed by atoms with Crippen LogP contribution in [0.2, 0.25) is 0 Å². The maximum Gasteiger partial charge on any atom is 0.411 e. The van der Waals surface area contributed by atoms with Crippen LogP contribution in [0.4, 0.5) is 18.9 Å². The Bertz CT molecular complexity index is 670. The van der Waals surface area contributed by atoms with Crippen molar-refractivity contribution < 1.29 is 27.4 Å². The molecular weight excluding hydrogens is 325 g/mol. The van der Waals surface area contributed by atoms with Crippen molar-refractivity contribution in [1.82, 2.24) is 4.98 Å². The number of methoxy groups -OCH3 is 1. The lowest BCUT2D eigenvalue weighted by Crippen LogP contribution is -2.16. The number of alkyl halides is 3. The fourth-order valence-electron chi connectivity index (χ4n) is 1.82. The molecule has 0 radical (unpaired) electrons. The number of hydrogen-bond donors (Lipinski definition) is 1. The first-order valence-corrected chi connectivity index (χ1v) is 6.92. The van der Waals surface area contributed by atoms with E-state index in [0.717, 1.165) is 0 Å². The zero-order valence-electron chi connectivity index (χ0n) is 12.8. The Balaban J connectivity index is 1.90. The van der Waals surface area contributed by atoms with Gasteiger partial charge in [-0.05, 0) is 23.8 Å². The van der Waals surface area contributed by atoms with Crippen LogP contribution in [-0.2, 0) is 11.3 Å². The molecule has 0 bridgehead atoms. The Morgan fingerprint density at radius 2 is 1.88 bits per heavy atom. The van der Waals surface area contributed by atoms with Crippen LogP contribution >= 0.6 is 0 Å². The Morgan fingerprint density at radius 1 is 1.17 bits per heavy atom. The average molecular weight is 340 g/mol. The molecule has 0 unspecified atom stereocenters. The first kappa shape index (κ1) is 17.7. The molecule has 1 N–H and O–H groups in total. The van der Waals surface area contributed by atoms with Crippen molar-refractivity contribution in [3.8, 4) is 5.88 Å². The number of aromatic nitrogens is 1. The van der Waals surface area contributed by atoms with Crippen molar-refractivity contribution in [2.75, 3.05) is 19.0 Å². The number of rotatable bonds is 6. The molecule has 5 nitrogen and oxygen atoms in total. The second-order valence-corrected chi connectivity index (χ2v) is 4.85. The number of benzene rings is 1. The molecule has 1 amide bonds. The molecular formula is C16H15F3N2O3. The van der Waals surface area contributed by atoms with E-state index in [1.807, 2.05) is 0 Å². The van der Waals surface area contributed by atoms with E-state index in [2.05, 4.69) is 15.0 Å². The van der Waals surface area contributed by atoms with Crippen LogP contribution in [0.25, 0.3) is 0 Å². The van der Waals surface area contributed by atoms with E-state index < -0.39 is 12.8 Å². The van der Waals surface area contributed by atoms with Gasteiger partial charge < -0.3 is 14.8 Å². The Hall–Kier alpha value is -2.61. The molecule has 0 saturated heterocycles. The number of nitrogens with one attached hydrogen (secondary N) is 1. The van der Waals surface area contributed by atoms with Crippen LogP contribution in [0, 0.1) is 0 Å². The highest BCUT2D eigenvalue weighted by atomic mass is 19.4. The summed E-state index contributed by atoms with van der Waals surface area (Å²) in [5, 5.41) is 2.66. The molecule has 0 saturated carbocycles. The molecule has 128 valence electrons. The third-order valence-electron chi connectivity index (χ3n) is 2.95. The molecule has 0 aliphatic rings. The summed E-state index contributed by atoms with van der Waals surface area (Å²) < 4.78 is 45.5. The van der Waals surface area contributed by atoms with Gasteiger partial charge in [0.25, 0.3) is 5.91 Å². The monoisotopic (exact) mass is 340 g/mol. The number of anilines is 1. The van der Waals surface area contributed by atoms with Gasteiger partial charge in [-0.2, -0.15) is 13.2 Å². The van der Waals surface area contributed by atoms with Crippen LogP contribution in [-0.4, -0.2) is 30.8 Å². The van der Waals surface area contributed by atoms with Gasteiger partial charge in [-0.3, -0.25) is 4.79 Å². The minimum Gasteiger partial charge on any atom is -0.481 e. The highest BCUT2D eigenvalue weighted by Crippen LogP contribution is 2.16. The standard InChI is InChI=1S/C16H15F3N2O3/c1-23-14-7-6-13(8-20-14)21-15(22)12-4-2-11(3-5-12)9-24-10-16(17,18)19/h2-8H,9-10H2,1H3,(H,21,22). The predicted molar refractivity (Wildman–Crippen MR) is 80.9 cm³/mol. The first-order chi connectivity index (χ1) is 11.4. The summed E-state index contributed by atoms with van der Waals surface area (Å²) in [7, 11) is 1.49. The molecule has 0 atom stereocenters. The Kier molecular flexibility index (Phi) is 5.75. The van der Waals surface area contributed by atoms with Crippen molar-refractivity contribution in [1.29, 1.82) is 0 Å². The van der Waals surface area contributed by atoms with Gasteiger partial charge in [0.2, 0.25) is 5.88 Å². The molecule has 0 aliphatic heterocycles. The van der Waals surface area contributed by atoms with Crippen LogP contribution in [0.15, 0.2) is 42.6 Å². The molecule has 2 rings (SSSR count). The number of carbonyl (C=O) groups is 1. The maximum atomic E-state index is 12.1. The highest BCUT2D eigenvalue weighted by molar-refractivity contribution is 6.04. The number of nitrogens with zero attached hydrogens (tertiary/aromatic N) is 1. The van der Waals surface area contributed by atoms with Gasteiger partial charge in [-0.1, -0.05) is 12.1 Å². The smallest absolute Gasteiger partial charge is 0.411 e. The maximum absolute atomic E-state index is 12.1. The zero-order chi connectivity index (χ0) is 17.6. The number of ether oxygens (including phenoxy) is 2. The van der Waals surface area contributed by atoms with Gasteiger partial charge >= 0.3 is 6.18 Å². The number of amides is 1. The van der Waals surface area contributed by atoms with E-state index in [1.165, 1.54) is 37.6 Å². The molecule has 1 aromatic heterocycles. The first-order valence-electron chi connectivity index (χ1n) is 6.92. The molecule has 1 aromatic carbocycles. The van der Waals surface area contributed by atoms with Gasteiger partial charge in [0, 0.05) is 11.6 Å². The minimum atomic E-state index is -4.35. The van der Waals surface area contributed by atoms with Gasteiger partial charge in [-0.15, -0.1) is 0 Å². The minimum absolute atomic E-state index is 0.177. The summed E-state index contributed by atoms with van der Waals surface area (Å²) in [5.74, 6) is 0.0703. The van der Waals surface area contributed by atoms with E-state index in [1.54, 1.807) is 12.1 Å². The molecule has 8 heteroatoms. The van der Waals surface area contributed by atoms with Crippen LogP contribution in [0.5, 0.6) is 5.88 Å². The van der Waals surface area contributed by atoms with Crippen LogP contribution < -0.4 is 10.1 Å². The Morgan fingerprint density at radius 3 is 2.42 bits per heavy atom. The fourth-order valence-corrected chi connectivity index (χ4v) is 1.82. The molecule has 0 spiro atoms. The van der Waals surface area contributed by atoms with Crippen molar-refractivity contribution in [3.63, 3.8) is 0 Å². The Labute approximate surface area is 136 Å². The number of pyridine rings is 1. The van der Waals surface area contributed by atoms with Crippen molar-refractivity contribution in [2.45, 2.75) is 12.8 Å². The summed E-state index contributed by atoms with van der Waals surface area (Å²) in [4.78, 5) is 16.0. The molecule has 24 heavy (non-hydrogen) atoms. The number of carbonyl (C=O) groups excluding carboxylic acids is 1. The molecule has 2 aromatic rings. The van der Waals surface area contributed by atoms with Crippen LogP contribution in [0.3, 0.4) is 0 Å². The van der Waals surface area contributed by atoms with E-state index in [4.69, 9.17) is 4.74 Å². The third-order valence-corrected chi connectivity index (χ3v) is 2.95. The quantitative estimate of drug-likeness (QED) is 0.875. The van der Waals surface area contributed by atoms with Gasteiger partial charge in [0.1, 0.15) is 6.61 Å². The SMILES string of the molecule is COc1ccc(NC(=O)c2ccc(COCC(F)(F)F)cc2)cn1. The molecule has 0 fully saturated rings. The van der Waals surface area contributed by atoms with E-state index >= 15 is 0 Å². The van der Waals surface area contributed by atoms with E-state index in [0.29, 0.717) is 22.7 Å². The molecule has 0 aliphatic carbocycles. The van der Waals surface area contributed by atoms with E-state index in [9.17, 15) is 18.0 Å². The second-order valence-electron chi connectivity index (χ2n) is 4.85. The highest BCUT2D eigenvalue weighted by Gasteiger charge is 2.27. The summed E-state index contributed by atoms with van der Waals surface area (Å²) in [6.07, 6.45) is -2.90. The van der Waals surface area contributed by atoms with Gasteiger partial charge in [0.15, 0.2) is 0 Å². The van der Waals surface area contributed by atoms with Crippen molar-refractivity contribution >= 4 is 11.6 Å². The number of halogens is 3. The van der Waals surface area contributed by atoms with Crippen molar-refractivity contribution in [2.24, 2.45) is 0 Å². The lowest BCUT2D eigenvalue weighted by molar-refractivity contribution is -0.176. The zero-order valence-corrected chi connectivity index (χ0v) is 12.8. The molecule has 1 heterocycles. The topological polar surface area (TPSA) is 60.5 Å².